The molecule has 2 rings (SSSR count). The van der Waals surface area contributed by atoms with Crippen LogP contribution in [0.3, 0.4) is 0 Å². The van der Waals surface area contributed by atoms with Crippen LogP contribution >= 0.6 is 22.9 Å². The topological polar surface area (TPSA) is 63.8 Å². The molecule has 2 aromatic rings. The molecule has 6 heteroatoms. The number of hydrogen-bond acceptors (Lipinski definition) is 6. The van der Waals surface area contributed by atoms with Crippen molar-refractivity contribution in [3.8, 4) is 0 Å². The van der Waals surface area contributed by atoms with Gasteiger partial charge in [0.25, 0.3) is 0 Å². The fourth-order valence-corrected chi connectivity index (χ4v) is 2.41. The highest BCUT2D eigenvalue weighted by Crippen LogP contribution is 2.17. The van der Waals surface area contributed by atoms with Gasteiger partial charge in [-0.05, 0) is 40.3 Å². The largest absolute Gasteiger partial charge is 0.271 e. The number of thiophene rings is 1. The van der Waals surface area contributed by atoms with Crippen molar-refractivity contribution in [1.29, 1.82) is 0 Å². The highest BCUT2D eigenvalue weighted by atomic mass is 32.1. The van der Waals surface area contributed by atoms with Gasteiger partial charge in [0, 0.05) is 5.38 Å². The van der Waals surface area contributed by atoms with Crippen LogP contribution < -0.4 is 11.3 Å². The van der Waals surface area contributed by atoms with Crippen molar-refractivity contribution in [3.05, 3.63) is 33.5 Å². The third-order valence-electron chi connectivity index (χ3n) is 1.96. The summed E-state index contributed by atoms with van der Waals surface area (Å²) in [5.41, 5.74) is 4.93. The normalized spacial score (nSPS) is 12.9. The van der Waals surface area contributed by atoms with Gasteiger partial charge in [-0.1, -0.05) is 4.49 Å². The predicted molar refractivity (Wildman–Crippen MR) is 58.0 cm³/mol. The quantitative estimate of drug-likeness (QED) is 0.610. The van der Waals surface area contributed by atoms with Crippen molar-refractivity contribution in [2.24, 2.45) is 5.84 Å². The van der Waals surface area contributed by atoms with Crippen molar-refractivity contribution in [2.45, 2.75) is 12.5 Å². The summed E-state index contributed by atoms with van der Waals surface area (Å²) in [4.78, 5) is 0. The van der Waals surface area contributed by atoms with Crippen LogP contribution in [0.15, 0.2) is 22.2 Å². The number of nitrogens with zero attached hydrogens (tertiary/aromatic N) is 2. The number of nitrogens with one attached hydrogen (secondary N) is 1. The molecule has 0 radical (unpaired) electrons. The number of hydrogen-bond donors (Lipinski definition) is 2. The summed E-state index contributed by atoms with van der Waals surface area (Å²) in [6.45, 7) is 0. The van der Waals surface area contributed by atoms with Gasteiger partial charge >= 0.3 is 0 Å². The number of hydrazine groups is 1. The van der Waals surface area contributed by atoms with Crippen LogP contribution in [-0.4, -0.2) is 9.59 Å². The minimum Gasteiger partial charge on any atom is -0.271 e. The maximum absolute atomic E-state index is 5.47. The Labute approximate surface area is 89.9 Å². The zero-order valence-electron chi connectivity index (χ0n) is 7.38. The maximum Gasteiger partial charge on any atom is 0.0941 e. The molecule has 4 nitrogen and oxygen atoms in total. The minimum absolute atomic E-state index is 0.0587. The summed E-state index contributed by atoms with van der Waals surface area (Å²) in [6.07, 6.45) is 0.853. The molecule has 0 fully saturated rings. The lowest BCUT2D eigenvalue weighted by atomic mass is 10.1. The van der Waals surface area contributed by atoms with Gasteiger partial charge in [0.1, 0.15) is 0 Å². The number of rotatable bonds is 4. The molecule has 0 aromatic carbocycles. The molecule has 0 saturated heterocycles. The summed E-state index contributed by atoms with van der Waals surface area (Å²) >= 11 is 3.03. The third kappa shape index (κ3) is 2.16. The molecule has 1 unspecified atom stereocenters. The molecule has 0 saturated carbocycles. The van der Waals surface area contributed by atoms with Crippen LogP contribution in [0.5, 0.6) is 0 Å². The van der Waals surface area contributed by atoms with E-state index in [0.717, 1.165) is 12.1 Å². The summed E-state index contributed by atoms with van der Waals surface area (Å²) in [7, 11) is 0. The van der Waals surface area contributed by atoms with Gasteiger partial charge in [0.2, 0.25) is 0 Å². The molecule has 0 aliphatic rings. The Morgan fingerprint density at radius 3 is 3.00 bits per heavy atom. The fraction of sp³-hybridized carbons (Fsp3) is 0.250. The van der Waals surface area contributed by atoms with Crippen molar-refractivity contribution in [2.75, 3.05) is 0 Å². The smallest absolute Gasteiger partial charge is 0.0941 e. The van der Waals surface area contributed by atoms with E-state index >= 15 is 0 Å². The summed E-state index contributed by atoms with van der Waals surface area (Å²) in [5, 5.41) is 10.1. The van der Waals surface area contributed by atoms with E-state index in [9.17, 15) is 0 Å². The Bertz CT molecular complexity index is 357. The minimum atomic E-state index is 0.0587. The predicted octanol–water partition coefficient (Wildman–Crippen LogP) is 1.35. The van der Waals surface area contributed by atoms with Gasteiger partial charge in [0.15, 0.2) is 0 Å². The second-order valence-electron chi connectivity index (χ2n) is 2.88. The maximum atomic E-state index is 5.47. The van der Waals surface area contributed by atoms with Crippen molar-refractivity contribution in [1.82, 2.24) is 15.0 Å². The van der Waals surface area contributed by atoms with Crippen LogP contribution in [0.2, 0.25) is 0 Å². The van der Waals surface area contributed by atoms with Gasteiger partial charge < -0.3 is 0 Å². The first-order chi connectivity index (χ1) is 6.90. The summed E-state index contributed by atoms with van der Waals surface area (Å²) in [5.74, 6) is 5.47. The van der Waals surface area contributed by atoms with Crippen molar-refractivity contribution >= 4 is 22.9 Å². The molecule has 1 atom stereocenters. The summed E-state index contributed by atoms with van der Waals surface area (Å²) in [6, 6.07) is 2.15. The fourth-order valence-electron chi connectivity index (χ4n) is 1.22. The molecular formula is C8H10N4S2. The van der Waals surface area contributed by atoms with E-state index in [-0.39, 0.29) is 6.04 Å². The third-order valence-corrected chi connectivity index (χ3v) is 3.21. The SMILES string of the molecule is NNC(Cc1ccsc1)c1csnn1. The Balaban J connectivity index is 2.08. The van der Waals surface area contributed by atoms with Crippen LogP contribution in [-0.2, 0) is 6.42 Å². The molecule has 0 amide bonds. The van der Waals surface area contributed by atoms with Crippen LogP contribution in [0.4, 0.5) is 0 Å². The molecule has 3 N–H and O–H groups in total. The zero-order chi connectivity index (χ0) is 9.80. The molecule has 2 heterocycles. The van der Waals surface area contributed by atoms with E-state index in [1.807, 2.05) is 5.38 Å². The Morgan fingerprint density at radius 2 is 2.43 bits per heavy atom. The van der Waals surface area contributed by atoms with Crippen LogP contribution in [0.1, 0.15) is 17.3 Å². The average molecular weight is 226 g/mol. The Morgan fingerprint density at radius 1 is 1.50 bits per heavy atom. The lowest BCUT2D eigenvalue weighted by Gasteiger charge is -2.11. The van der Waals surface area contributed by atoms with Crippen molar-refractivity contribution < 1.29 is 0 Å². The van der Waals surface area contributed by atoms with Gasteiger partial charge in [-0.2, -0.15) is 11.3 Å². The number of nitrogens with two attached hydrogens (primary N) is 1. The molecule has 2 aromatic heterocycles. The van der Waals surface area contributed by atoms with Crippen molar-refractivity contribution in [3.63, 3.8) is 0 Å². The van der Waals surface area contributed by atoms with Gasteiger partial charge in [-0.25, -0.2) is 0 Å². The van der Waals surface area contributed by atoms with E-state index in [1.165, 1.54) is 17.1 Å². The van der Waals surface area contributed by atoms with Gasteiger partial charge in [-0.3, -0.25) is 11.3 Å². The highest BCUT2D eigenvalue weighted by molar-refractivity contribution is 7.08. The monoisotopic (exact) mass is 226 g/mol. The molecule has 0 aliphatic carbocycles. The Kier molecular flexibility index (Phi) is 3.20. The second kappa shape index (κ2) is 4.61. The van der Waals surface area contributed by atoms with Gasteiger partial charge in [0.05, 0.1) is 11.7 Å². The van der Waals surface area contributed by atoms with Crippen LogP contribution in [0, 0.1) is 0 Å². The van der Waals surface area contributed by atoms with E-state index in [1.54, 1.807) is 11.3 Å². The first-order valence-corrected chi connectivity index (χ1v) is 5.92. The zero-order valence-corrected chi connectivity index (χ0v) is 9.02. The van der Waals surface area contributed by atoms with E-state index in [0.29, 0.717) is 0 Å². The molecule has 0 bridgehead atoms. The van der Waals surface area contributed by atoms with Crippen LogP contribution in [0.25, 0.3) is 0 Å². The Hall–Kier alpha value is -0.820. The second-order valence-corrected chi connectivity index (χ2v) is 4.27. The molecular weight excluding hydrogens is 216 g/mol. The van der Waals surface area contributed by atoms with E-state index in [2.05, 4.69) is 31.8 Å². The standard InChI is InChI=1S/C8H10N4S2/c9-10-7(8-5-14-12-11-8)3-6-1-2-13-4-6/h1-2,4-5,7,10H,3,9H2. The average Bonchev–Trinajstić information content (AvgIpc) is 2.86. The molecule has 14 heavy (non-hydrogen) atoms. The molecule has 74 valence electrons. The first-order valence-electron chi connectivity index (χ1n) is 4.14. The number of aromatic nitrogens is 2. The summed E-state index contributed by atoms with van der Waals surface area (Å²) < 4.78 is 3.82. The first kappa shape index (κ1) is 9.72. The van der Waals surface area contributed by atoms with E-state index in [4.69, 9.17) is 5.84 Å². The molecule has 0 spiro atoms. The van der Waals surface area contributed by atoms with Gasteiger partial charge in [-0.15, -0.1) is 5.10 Å². The lowest BCUT2D eigenvalue weighted by molar-refractivity contribution is 0.538. The lowest BCUT2D eigenvalue weighted by Crippen LogP contribution is -2.29. The highest BCUT2D eigenvalue weighted by Gasteiger charge is 2.13. The molecule has 0 aliphatic heterocycles. The van der Waals surface area contributed by atoms with E-state index < -0.39 is 0 Å².